The summed E-state index contributed by atoms with van der Waals surface area (Å²) in [7, 11) is 1.67. The molecule has 0 saturated carbocycles. The van der Waals surface area contributed by atoms with Crippen LogP contribution in [0.2, 0.25) is 0 Å². The molecule has 2 rings (SSSR count). The SMILES string of the molecule is CN(Cc1cc(Br)cs1)C(=O)c1cccc(F)c1N. The lowest BCUT2D eigenvalue weighted by atomic mass is 10.1. The summed E-state index contributed by atoms with van der Waals surface area (Å²) < 4.78 is 14.3. The summed E-state index contributed by atoms with van der Waals surface area (Å²) in [5.41, 5.74) is 5.68. The standard InChI is InChI=1S/C13H12BrFN2OS/c1-17(6-9-5-8(14)7-19-9)13(18)10-3-2-4-11(15)12(10)16/h2-5,7H,6,16H2,1H3. The molecule has 1 aromatic heterocycles. The lowest BCUT2D eigenvalue weighted by Gasteiger charge is -2.17. The lowest BCUT2D eigenvalue weighted by molar-refractivity contribution is 0.0787. The molecule has 100 valence electrons. The number of amides is 1. The number of nitrogens with two attached hydrogens (primary N) is 1. The van der Waals surface area contributed by atoms with E-state index in [9.17, 15) is 9.18 Å². The van der Waals surface area contributed by atoms with Crippen molar-refractivity contribution in [3.8, 4) is 0 Å². The van der Waals surface area contributed by atoms with E-state index in [4.69, 9.17) is 5.73 Å². The van der Waals surface area contributed by atoms with Gasteiger partial charge in [0.1, 0.15) is 5.82 Å². The first kappa shape index (κ1) is 14.0. The maximum absolute atomic E-state index is 13.3. The summed E-state index contributed by atoms with van der Waals surface area (Å²) in [6.45, 7) is 0.463. The molecule has 0 atom stereocenters. The highest BCUT2D eigenvalue weighted by Crippen LogP contribution is 2.22. The Morgan fingerprint density at radius 2 is 2.26 bits per heavy atom. The Labute approximate surface area is 123 Å². The molecule has 0 saturated heterocycles. The van der Waals surface area contributed by atoms with Gasteiger partial charge in [0.15, 0.2) is 0 Å². The zero-order chi connectivity index (χ0) is 14.0. The number of rotatable bonds is 3. The topological polar surface area (TPSA) is 46.3 Å². The molecule has 0 aliphatic rings. The van der Waals surface area contributed by atoms with Gasteiger partial charge in [-0.1, -0.05) is 6.07 Å². The highest BCUT2D eigenvalue weighted by Gasteiger charge is 2.17. The third-order valence-electron chi connectivity index (χ3n) is 2.64. The smallest absolute Gasteiger partial charge is 0.256 e. The second-order valence-corrected chi connectivity index (χ2v) is 6.00. The Morgan fingerprint density at radius 1 is 1.53 bits per heavy atom. The van der Waals surface area contributed by atoms with Crippen LogP contribution in [0.15, 0.2) is 34.1 Å². The van der Waals surface area contributed by atoms with Crippen molar-refractivity contribution in [2.45, 2.75) is 6.54 Å². The van der Waals surface area contributed by atoms with Crippen LogP contribution in [-0.4, -0.2) is 17.9 Å². The van der Waals surface area contributed by atoms with Crippen molar-refractivity contribution in [2.24, 2.45) is 0 Å². The molecule has 0 unspecified atom stereocenters. The Morgan fingerprint density at radius 3 is 2.89 bits per heavy atom. The summed E-state index contributed by atoms with van der Waals surface area (Å²) in [5, 5.41) is 1.95. The van der Waals surface area contributed by atoms with Crippen molar-refractivity contribution in [1.82, 2.24) is 4.90 Å². The first-order valence-electron chi connectivity index (χ1n) is 5.51. The maximum atomic E-state index is 13.3. The summed E-state index contributed by atoms with van der Waals surface area (Å²) in [6.07, 6.45) is 0. The van der Waals surface area contributed by atoms with Crippen molar-refractivity contribution in [1.29, 1.82) is 0 Å². The highest BCUT2D eigenvalue weighted by atomic mass is 79.9. The number of nitrogens with zero attached hydrogens (tertiary/aromatic N) is 1. The van der Waals surface area contributed by atoms with Crippen molar-refractivity contribution < 1.29 is 9.18 Å². The van der Waals surface area contributed by atoms with Crippen LogP contribution in [0.5, 0.6) is 0 Å². The van der Waals surface area contributed by atoms with E-state index >= 15 is 0 Å². The van der Waals surface area contributed by atoms with Crippen molar-refractivity contribution >= 4 is 38.9 Å². The van der Waals surface area contributed by atoms with Crippen molar-refractivity contribution in [3.05, 3.63) is 50.4 Å². The number of carbonyl (C=O) groups excluding carboxylic acids is 1. The van der Waals surface area contributed by atoms with Gasteiger partial charge in [-0.2, -0.15) is 0 Å². The van der Waals surface area contributed by atoms with Crippen LogP contribution < -0.4 is 5.73 Å². The summed E-state index contributed by atoms with van der Waals surface area (Å²) in [5.74, 6) is -0.861. The summed E-state index contributed by atoms with van der Waals surface area (Å²) >= 11 is 4.91. The number of hydrogen-bond donors (Lipinski definition) is 1. The van der Waals surface area contributed by atoms with Gasteiger partial charge < -0.3 is 10.6 Å². The Hall–Kier alpha value is -1.40. The number of thiophene rings is 1. The number of hydrogen-bond acceptors (Lipinski definition) is 3. The van der Waals surface area contributed by atoms with Gasteiger partial charge in [0.2, 0.25) is 0 Å². The van der Waals surface area contributed by atoms with E-state index in [1.807, 2.05) is 11.4 Å². The maximum Gasteiger partial charge on any atom is 0.256 e. The van der Waals surface area contributed by atoms with Gasteiger partial charge in [-0.05, 0) is 34.1 Å². The normalized spacial score (nSPS) is 10.5. The third kappa shape index (κ3) is 3.13. The van der Waals surface area contributed by atoms with Crippen LogP contribution in [0.3, 0.4) is 0 Å². The van der Waals surface area contributed by atoms with Crippen LogP contribution >= 0.6 is 27.3 Å². The molecule has 1 aromatic carbocycles. The fraction of sp³-hybridized carbons (Fsp3) is 0.154. The van der Waals surface area contributed by atoms with Crippen LogP contribution in [0.25, 0.3) is 0 Å². The quantitative estimate of drug-likeness (QED) is 0.867. The Bertz CT molecular complexity index is 614. The molecule has 19 heavy (non-hydrogen) atoms. The predicted molar refractivity (Wildman–Crippen MR) is 78.6 cm³/mol. The zero-order valence-corrected chi connectivity index (χ0v) is 12.6. The van der Waals surface area contributed by atoms with E-state index in [1.54, 1.807) is 18.4 Å². The molecular formula is C13H12BrFN2OS. The molecule has 2 aromatic rings. The van der Waals surface area contributed by atoms with Crippen LogP contribution in [0.4, 0.5) is 10.1 Å². The molecule has 3 nitrogen and oxygen atoms in total. The van der Waals surface area contributed by atoms with E-state index < -0.39 is 5.82 Å². The first-order chi connectivity index (χ1) is 8.99. The van der Waals surface area contributed by atoms with E-state index in [1.165, 1.54) is 23.1 Å². The predicted octanol–water partition coefficient (Wildman–Crippen LogP) is 3.50. The summed E-state index contributed by atoms with van der Waals surface area (Å²) in [4.78, 5) is 14.8. The minimum Gasteiger partial charge on any atom is -0.396 e. The number of benzene rings is 1. The molecule has 0 radical (unpaired) electrons. The number of nitrogen functional groups attached to an aromatic ring is 1. The highest BCUT2D eigenvalue weighted by molar-refractivity contribution is 9.10. The monoisotopic (exact) mass is 342 g/mol. The van der Waals surface area contributed by atoms with E-state index in [0.29, 0.717) is 6.54 Å². The van der Waals surface area contributed by atoms with Gasteiger partial charge in [0, 0.05) is 21.8 Å². The van der Waals surface area contributed by atoms with Crippen molar-refractivity contribution in [2.75, 3.05) is 12.8 Å². The van der Waals surface area contributed by atoms with E-state index in [-0.39, 0.29) is 17.2 Å². The van der Waals surface area contributed by atoms with E-state index in [0.717, 1.165) is 9.35 Å². The van der Waals surface area contributed by atoms with Gasteiger partial charge in [0.25, 0.3) is 5.91 Å². The molecule has 2 N–H and O–H groups in total. The second kappa shape index (κ2) is 5.71. The molecular weight excluding hydrogens is 331 g/mol. The fourth-order valence-corrected chi connectivity index (χ4v) is 3.17. The molecule has 0 fully saturated rings. The van der Waals surface area contributed by atoms with Crippen LogP contribution in [0, 0.1) is 5.82 Å². The van der Waals surface area contributed by atoms with Gasteiger partial charge in [0.05, 0.1) is 17.8 Å². The molecule has 1 heterocycles. The number of anilines is 1. The van der Waals surface area contributed by atoms with Crippen LogP contribution in [-0.2, 0) is 6.54 Å². The minimum absolute atomic E-state index is 0.105. The van der Waals surface area contributed by atoms with E-state index in [2.05, 4.69) is 15.9 Å². The fourth-order valence-electron chi connectivity index (χ4n) is 1.67. The van der Waals surface area contributed by atoms with Gasteiger partial charge in [-0.25, -0.2) is 4.39 Å². The zero-order valence-electron chi connectivity index (χ0n) is 10.2. The average Bonchev–Trinajstić information content (AvgIpc) is 2.77. The van der Waals surface area contributed by atoms with Crippen LogP contribution in [0.1, 0.15) is 15.2 Å². The number of carbonyl (C=O) groups is 1. The molecule has 6 heteroatoms. The molecule has 0 bridgehead atoms. The molecule has 0 aliphatic heterocycles. The molecule has 0 aliphatic carbocycles. The largest absolute Gasteiger partial charge is 0.396 e. The lowest BCUT2D eigenvalue weighted by Crippen LogP contribution is -2.26. The third-order valence-corrected chi connectivity index (χ3v) is 4.33. The van der Waals surface area contributed by atoms with Gasteiger partial charge in [-0.15, -0.1) is 11.3 Å². The molecule has 0 spiro atoms. The Balaban J connectivity index is 2.17. The average molecular weight is 343 g/mol. The number of halogens is 2. The second-order valence-electron chi connectivity index (χ2n) is 4.09. The minimum atomic E-state index is -0.571. The van der Waals surface area contributed by atoms with Gasteiger partial charge >= 0.3 is 0 Å². The Kier molecular flexibility index (Phi) is 4.21. The number of para-hydroxylation sites is 1. The van der Waals surface area contributed by atoms with Crippen molar-refractivity contribution in [3.63, 3.8) is 0 Å². The molecule has 1 amide bonds. The van der Waals surface area contributed by atoms with Gasteiger partial charge in [-0.3, -0.25) is 4.79 Å². The first-order valence-corrected chi connectivity index (χ1v) is 7.18. The summed E-state index contributed by atoms with van der Waals surface area (Å²) in [6, 6.07) is 6.20.